The molecular formula is C11H9BrN6OS. The van der Waals surface area contributed by atoms with Crippen LogP contribution in [-0.4, -0.2) is 25.3 Å². The maximum atomic E-state index is 5.42. The Labute approximate surface area is 126 Å². The van der Waals surface area contributed by atoms with E-state index in [0.717, 1.165) is 9.37 Å². The van der Waals surface area contributed by atoms with E-state index >= 15 is 0 Å². The molecule has 20 heavy (non-hydrogen) atoms. The first kappa shape index (κ1) is 13.1. The molecule has 102 valence electrons. The van der Waals surface area contributed by atoms with Crippen molar-refractivity contribution in [2.75, 3.05) is 5.73 Å². The Hall–Kier alpha value is -1.87. The zero-order chi connectivity index (χ0) is 13.9. The number of anilines is 1. The zero-order valence-corrected chi connectivity index (χ0v) is 12.5. The summed E-state index contributed by atoms with van der Waals surface area (Å²) in [7, 11) is 0. The van der Waals surface area contributed by atoms with E-state index in [1.807, 2.05) is 24.3 Å². The van der Waals surface area contributed by atoms with Gasteiger partial charge in [0, 0.05) is 9.37 Å². The summed E-state index contributed by atoms with van der Waals surface area (Å²) in [4.78, 5) is 9.28. The first-order chi connectivity index (χ1) is 9.72. The summed E-state index contributed by atoms with van der Waals surface area (Å²) in [6, 6.07) is 7.95. The molecule has 0 saturated carbocycles. The van der Waals surface area contributed by atoms with Gasteiger partial charge in [-0.3, -0.25) is 5.10 Å². The fourth-order valence-corrected chi connectivity index (χ4v) is 2.89. The van der Waals surface area contributed by atoms with Crippen LogP contribution in [0.15, 0.2) is 38.2 Å². The number of nitrogens with zero attached hydrogens (tertiary/aromatic N) is 4. The average molecular weight is 353 g/mol. The zero-order valence-electron chi connectivity index (χ0n) is 10.1. The number of H-pyrrole nitrogens is 1. The van der Waals surface area contributed by atoms with Gasteiger partial charge in [0.15, 0.2) is 5.82 Å². The summed E-state index contributed by atoms with van der Waals surface area (Å²) < 4.78 is 6.15. The number of nitrogens with one attached hydrogen (secondary N) is 1. The van der Waals surface area contributed by atoms with Crippen molar-refractivity contribution in [3.63, 3.8) is 0 Å². The molecule has 0 saturated heterocycles. The van der Waals surface area contributed by atoms with Crippen LogP contribution in [-0.2, 0) is 5.75 Å². The van der Waals surface area contributed by atoms with Crippen LogP contribution in [0.25, 0.3) is 11.7 Å². The van der Waals surface area contributed by atoms with Crippen LogP contribution in [0.3, 0.4) is 0 Å². The Kier molecular flexibility index (Phi) is 3.70. The SMILES string of the molecule is Nc1n[nH]c(-c2nc(CSc3ccccc3Br)no2)n1. The summed E-state index contributed by atoms with van der Waals surface area (Å²) in [6.07, 6.45) is 0. The quantitative estimate of drug-likeness (QED) is 0.694. The third kappa shape index (κ3) is 2.83. The van der Waals surface area contributed by atoms with E-state index < -0.39 is 0 Å². The molecule has 2 aromatic heterocycles. The maximum Gasteiger partial charge on any atom is 0.295 e. The second kappa shape index (κ2) is 5.63. The lowest BCUT2D eigenvalue weighted by molar-refractivity contribution is 0.422. The molecule has 1 aromatic carbocycles. The topological polar surface area (TPSA) is 107 Å². The Balaban J connectivity index is 1.70. The van der Waals surface area contributed by atoms with Crippen molar-refractivity contribution in [1.29, 1.82) is 0 Å². The van der Waals surface area contributed by atoms with E-state index in [1.54, 1.807) is 11.8 Å². The average Bonchev–Trinajstić information content (AvgIpc) is 3.06. The Morgan fingerprint density at radius 2 is 2.15 bits per heavy atom. The summed E-state index contributed by atoms with van der Waals surface area (Å²) in [5, 5.41) is 10.2. The summed E-state index contributed by atoms with van der Waals surface area (Å²) >= 11 is 5.10. The molecule has 0 unspecified atom stereocenters. The minimum Gasteiger partial charge on any atom is -0.366 e. The second-order valence-corrected chi connectivity index (χ2v) is 5.65. The molecule has 0 amide bonds. The fourth-order valence-electron chi connectivity index (χ4n) is 1.48. The van der Waals surface area contributed by atoms with E-state index in [2.05, 4.69) is 41.3 Å². The number of aromatic nitrogens is 5. The van der Waals surface area contributed by atoms with Gasteiger partial charge in [0.1, 0.15) is 0 Å². The molecule has 3 rings (SSSR count). The third-order valence-corrected chi connectivity index (χ3v) is 4.39. The van der Waals surface area contributed by atoms with E-state index in [0.29, 0.717) is 17.4 Å². The molecule has 0 aliphatic rings. The number of halogens is 1. The number of thioether (sulfide) groups is 1. The van der Waals surface area contributed by atoms with Crippen LogP contribution in [0.2, 0.25) is 0 Å². The molecular weight excluding hydrogens is 344 g/mol. The summed E-state index contributed by atoms with van der Waals surface area (Å²) in [6.45, 7) is 0. The predicted octanol–water partition coefficient (Wildman–Crippen LogP) is 2.49. The van der Waals surface area contributed by atoms with Crippen molar-refractivity contribution in [3.8, 4) is 11.7 Å². The minimum atomic E-state index is 0.141. The molecule has 0 bridgehead atoms. The third-order valence-electron chi connectivity index (χ3n) is 2.37. The Morgan fingerprint density at radius 1 is 1.30 bits per heavy atom. The van der Waals surface area contributed by atoms with Gasteiger partial charge in [-0.25, -0.2) is 0 Å². The highest BCUT2D eigenvalue weighted by Crippen LogP contribution is 2.29. The van der Waals surface area contributed by atoms with Crippen molar-refractivity contribution in [2.45, 2.75) is 10.6 Å². The van der Waals surface area contributed by atoms with E-state index in [1.165, 1.54) is 0 Å². The molecule has 7 nitrogen and oxygen atoms in total. The standard InChI is InChI=1S/C11H9BrN6OS/c12-6-3-1-2-4-7(6)20-5-8-14-10(19-18-8)9-15-11(13)17-16-9/h1-4H,5H2,(H3,13,15,16,17). The van der Waals surface area contributed by atoms with Crippen molar-refractivity contribution in [3.05, 3.63) is 34.6 Å². The number of benzene rings is 1. The molecule has 0 aliphatic carbocycles. The van der Waals surface area contributed by atoms with Crippen LogP contribution in [0.1, 0.15) is 5.82 Å². The van der Waals surface area contributed by atoms with E-state index in [4.69, 9.17) is 10.3 Å². The maximum absolute atomic E-state index is 5.42. The van der Waals surface area contributed by atoms with E-state index in [9.17, 15) is 0 Å². The number of rotatable bonds is 4. The highest BCUT2D eigenvalue weighted by molar-refractivity contribution is 9.10. The van der Waals surface area contributed by atoms with E-state index in [-0.39, 0.29) is 11.8 Å². The Bertz CT molecular complexity index is 727. The van der Waals surface area contributed by atoms with Crippen LogP contribution < -0.4 is 5.73 Å². The van der Waals surface area contributed by atoms with Crippen molar-refractivity contribution >= 4 is 33.6 Å². The molecule has 3 aromatic rings. The largest absolute Gasteiger partial charge is 0.366 e. The Morgan fingerprint density at radius 3 is 2.90 bits per heavy atom. The van der Waals surface area contributed by atoms with Gasteiger partial charge in [0.2, 0.25) is 11.8 Å². The van der Waals surface area contributed by atoms with Crippen LogP contribution in [0, 0.1) is 0 Å². The van der Waals surface area contributed by atoms with Gasteiger partial charge >= 0.3 is 0 Å². The molecule has 0 fully saturated rings. The molecule has 0 aliphatic heterocycles. The number of aromatic amines is 1. The molecule has 0 atom stereocenters. The van der Waals surface area contributed by atoms with Gasteiger partial charge in [-0.1, -0.05) is 17.3 Å². The lowest BCUT2D eigenvalue weighted by atomic mass is 10.4. The minimum absolute atomic E-state index is 0.141. The fraction of sp³-hybridized carbons (Fsp3) is 0.0909. The molecule has 3 N–H and O–H groups in total. The lowest BCUT2D eigenvalue weighted by Crippen LogP contribution is -1.86. The molecule has 0 radical (unpaired) electrons. The lowest BCUT2D eigenvalue weighted by Gasteiger charge is -2.00. The van der Waals surface area contributed by atoms with Gasteiger partial charge in [-0.05, 0) is 28.1 Å². The van der Waals surface area contributed by atoms with Gasteiger partial charge in [0.05, 0.1) is 5.75 Å². The van der Waals surface area contributed by atoms with Crippen LogP contribution in [0.5, 0.6) is 0 Å². The van der Waals surface area contributed by atoms with Crippen LogP contribution >= 0.6 is 27.7 Å². The number of hydrogen-bond donors (Lipinski definition) is 2. The summed E-state index contributed by atoms with van der Waals surface area (Å²) in [5.41, 5.74) is 5.42. The predicted molar refractivity (Wildman–Crippen MR) is 77.8 cm³/mol. The van der Waals surface area contributed by atoms with Gasteiger partial charge < -0.3 is 10.3 Å². The van der Waals surface area contributed by atoms with Crippen molar-refractivity contribution in [1.82, 2.24) is 25.3 Å². The summed E-state index contributed by atoms with van der Waals surface area (Å²) in [5.74, 6) is 1.96. The van der Waals surface area contributed by atoms with Crippen LogP contribution in [0.4, 0.5) is 5.95 Å². The first-order valence-corrected chi connectivity index (χ1v) is 7.38. The van der Waals surface area contributed by atoms with Crippen molar-refractivity contribution < 1.29 is 4.52 Å². The van der Waals surface area contributed by atoms with Gasteiger partial charge in [-0.15, -0.1) is 16.9 Å². The molecule has 9 heteroatoms. The normalized spacial score (nSPS) is 10.8. The highest BCUT2D eigenvalue weighted by atomic mass is 79.9. The number of hydrogen-bond acceptors (Lipinski definition) is 7. The molecule has 0 spiro atoms. The highest BCUT2D eigenvalue weighted by Gasteiger charge is 2.13. The second-order valence-electron chi connectivity index (χ2n) is 3.78. The van der Waals surface area contributed by atoms with Crippen molar-refractivity contribution in [2.24, 2.45) is 0 Å². The number of nitrogen functional groups attached to an aromatic ring is 1. The smallest absolute Gasteiger partial charge is 0.295 e. The first-order valence-electron chi connectivity index (χ1n) is 5.60. The number of nitrogens with two attached hydrogens (primary N) is 1. The van der Waals surface area contributed by atoms with Gasteiger partial charge in [0.25, 0.3) is 5.89 Å². The van der Waals surface area contributed by atoms with Gasteiger partial charge in [-0.2, -0.15) is 9.97 Å². The monoisotopic (exact) mass is 352 g/mol. The molecule has 2 heterocycles.